The fourth-order valence-corrected chi connectivity index (χ4v) is 3.20. The van der Waals surface area contributed by atoms with Crippen molar-refractivity contribution in [3.8, 4) is 0 Å². The molecule has 1 heterocycles. The third-order valence-corrected chi connectivity index (χ3v) is 4.59. The summed E-state index contributed by atoms with van der Waals surface area (Å²) in [4.78, 5) is 4.82. The highest BCUT2D eigenvalue weighted by atomic mass is 16.5. The summed E-state index contributed by atoms with van der Waals surface area (Å²) in [6.45, 7) is 5.06. The molecule has 0 aromatic rings. The second kappa shape index (κ2) is 5.38. The zero-order valence-electron chi connectivity index (χ0n) is 11.4. The van der Waals surface area contributed by atoms with Crippen LogP contribution >= 0.6 is 0 Å². The molecule has 1 aliphatic carbocycles. The molecule has 3 nitrogen and oxygen atoms in total. The van der Waals surface area contributed by atoms with Gasteiger partial charge in [-0.3, -0.25) is 0 Å². The Kier molecular flexibility index (Phi) is 4.08. The van der Waals surface area contributed by atoms with Gasteiger partial charge in [-0.05, 0) is 25.7 Å². The summed E-state index contributed by atoms with van der Waals surface area (Å²) in [6, 6.07) is 0.193. The molecular weight excluding hydrogens is 214 g/mol. The first-order valence-electron chi connectivity index (χ1n) is 7.01. The lowest BCUT2D eigenvalue weighted by atomic mass is 9.89. The summed E-state index contributed by atoms with van der Waals surface area (Å²) < 4.78 is 11.6. The summed E-state index contributed by atoms with van der Waals surface area (Å²) in [5, 5.41) is 0. The maximum Gasteiger partial charge on any atom is 0.186 e. The number of methoxy groups -OCH3 is 1. The Hall–Kier alpha value is -0.570. The monoisotopic (exact) mass is 239 g/mol. The average Bonchev–Trinajstić information content (AvgIpc) is 3.03. The Morgan fingerprint density at radius 3 is 2.47 bits per heavy atom. The predicted octanol–water partition coefficient (Wildman–Crippen LogP) is 3.18. The fraction of sp³-hybridized carbons (Fsp3) is 0.929. The smallest absolute Gasteiger partial charge is 0.186 e. The van der Waals surface area contributed by atoms with Gasteiger partial charge in [0.1, 0.15) is 12.6 Å². The molecular formula is C14H25NO2. The van der Waals surface area contributed by atoms with Crippen LogP contribution in [0.15, 0.2) is 4.99 Å². The SMILES string of the molecule is CCC(CC)(OC)[C@@H]1COC(C2CCCC2)=N1. The zero-order valence-corrected chi connectivity index (χ0v) is 11.4. The standard InChI is InChI=1S/C14H25NO2/c1-4-14(5-2,16-3)12-10-17-13(15-12)11-8-6-7-9-11/h11-12H,4-10H2,1-3H3/t12-/m0/s1. The van der Waals surface area contributed by atoms with Crippen LogP contribution in [-0.4, -0.2) is 31.3 Å². The quantitative estimate of drug-likeness (QED) is 0.737. The zero-order chi connectivity index (χ0) is 12.3. The lowest BCUT2D eigenvalue weighted by molar-refractivity contribution is -0.0414. The van der Waals surface area contributed by atoms with E-state index in [1.165, 1.54) is 25.7 Å². The van der Waals surface area contributed by atoms with E-state index in [2.05, 4.69) is 13.8 Å². The van der Waals surface area contributed by atoms with Crippen LogP contribution in [0.4, 0.5) is 0 Å². The van der Waals surface area contributed by atoms with E-state index >= 15 is 0 Å². The van der Waals surface area contributed by atoms with Gasteiger partial charge in [-0.25, -0.2) is 4.99 Å². The molecule has 1 fully saturated rings. The summed E-state index contributed by atoms with van der Waals surface area (Å²) in [6.07, 6.45) is 7.15. The van der Waals surface area contributed by atoms with E-state index in [1.54, 1.807) is 7.11 Å². The Balaban J connectivity index is 2.08. The van der Waals surface area contributed by atoms with Crippen LogP contribution in [0.25, 0.3) is 0 Å². The summed E-state index contributed by atoms with van der Waals surface area (Å²) in [5.74, 6) is 1.60. The number of nitrogens with zero attached hydrogens (tertiary/aromatic N) is 1. The molecule has 0 bridgehead atoms. The molecule has 17 heavy (non-hydrogen) atoms. The minimum Gasteiger partial charge on any atom is -0.478 e. The molecule has 1 aliphatic heterocycles. The molecule has 0 aromatic heterocycles. The topological polar surface area (TPSA) is 30.8 Å². The maximum absolute atomic E-state index is 5.83. The Morgan fingerprint density at radius 1 is 1.29 bits per heavy atom. The van der Waals surface area contributed by atoms with Gasteiger partial charge < -0.3 is 9.47 Å². The molecule has 0 N–H and O–H groups in total. The van der Waals surface area contributed by atoms with Crippen molar-refractivity contribution in [3.05, 3.63) is 0 Å². The number of aliphatic imine (C=N–C) groups is 1. The first-order chi connectivity index (χ1) is 8.25. The number of ether oxygens (including phenoxy) is 2. The first kappa shape index (κ1) is 12.9. The van der Waals surface area contributed by atoms with Gasteiger partial charge in [-0.15, -0.1) is 0 Å². The molecule has 0 saturated heterocycles. The molecule has 0 radical (unpaired) electrons. The van der Waals surface area contributed by atoms with Crippen LogP contribution in [0.5, 0.6) is 0 Å². The third kappa shape index (κ3) is 2.35. The summed E-state index contributed by atoms with van der Waals surface area (Å²) >= 11 is 0. The van der Waals surface area contributed by atoms with Crippen molar-refractivity contribution in [2.75, 3.05) is 13.7 Å². The van der Waals surface area contributed by atoms with Crippen LogP contribution in [0.2, 0.25) is 0 Å². The molecule has 1 saturated carbocycles. The van der Waals surface area contributed by atoms with Crippen molar-refractivity contribution < 1.29 is 9.47 Å². The van der Waals surface area contributed by atoms with E-state index in [9.17, 15) is 0 Å². The van der Waals surface area contributed by atoms with Gasteiger partial charge in [0.2, 0.25) is 0 Å². The van der Waals surface area contributed by atoms with Crippen molar-refractivity contribution in [1.82, 2.24) is 0 Å². The lowest BCUT2D eigenvalue weighted by Gasteiger charge is -2.33. The van der Waals surface area contributed by atoms with Crippen molar-refractivity contribution in [2.24, 2.45) is 10.9 Å². The Morgan fingerprint density at radius 2 is 1.94 bits per heavy atom. The average molecular weight is 239 g/mol. The van der Waals surface area contributed by atoms with Gasteiger partial charge in [0.25, 0.3) is 0 Å². The Labute approximate surface area is 105 Å². The highest BCUT2D eigenvalue weighted by Crippen LogP contribution is 2.34. The van der Waals surface area contributed by atoms with Gasteiger partial charge in [0, 0.05) is 13.0 Å². The van der Waals surface area contributed by atoms with Crippen LogP contribution in [0, 0.1) is 5.92 Å². The normalized spacial score (nSPS) is 26.1. The molecule has 0 unspecified atom stereocenters. The van der Waals surface area contributed by atoms with Gasteiger partial charge in [0.15, 0.2) is 5.90 Å². The van der Waals surface area contributed by atoms with Gasteiger partial charge >= 0.3 is 0 Å². The Bertz CT molecular complexity index is 270. The van der Waals surface area contributed by atoms with Crippen molar-refractivity contribution in [1.29, 1.82) is 0 Å². The number of hydrogen-bond acceptors (Lipinski definition) is 3. The van der Waals surface area contributed by atoms with Crippen LogP contribution in [0.3, 0.4) is 0 Å². The van der Waals surface area contributed by atoms with Crippen molar-refractivity contribution >= 4 is 5.90 Å². The van der Waals surface area contributed by atoms with Crippen LogP contribution in [-0.2, 0) is 9.47 Å². The second-order valence-electron chi connectivity index (χ2n) is 5.25. The summed E-state index contributed by atoms with van der Waals surface area (Å²) in [5.41, 5.74) is -0.125. The molecule has 98 valence electrons. The van der Waals surface area contributed by atoms with E-state index < -0.39 is 0 Å². The molecule has 2 rings (SSSR count). The maximum atomic E-state index is 5.83. The molecule has 1 atom stereocenters. The van der Waals surface area contributed by atoms with Gasteiger partial charge in [-0.1, -0.05) is 26.7 Å². The van der Waals surface area contributed by atoms with Crippen LogP contribution in [0.1, 0.15) is 52.4 Å². The fourth-order valence-electron chi connectivity index (χ4n) is 3.20. The van der Waals surface area contributed by atoms with Crippen LogP contribution < -0.4 is 0 Å². The van der Waals surface area contributed by atoms with E-state index in [4.69, 9.17) is 14.5 Å². The highest BCUT2D eigenvalue weighted by molar-refractivity contribution is 5.80. The van der Waals surface area contributed by atoms with E-state index in [0.29, 0.717) is 12.5 Å². The number of hydrogen-bond donors (Lipinski definition) is 0. The minimum atomic E-state index is -0.125. The summed E-state index contributed by atoms with van der Waals surface area (Å²) in [7, 11) is 1.80. The van der Waals surface area contributed by atoms with E-state index in [-0.39, 0.29) is 11.6 Å². The van der Waals surface area contributed by atoms with Gasteiger partial charge in [-0.2, -0.15) is 0 Å². The van der Waals surface area contributed by atoms with Gasteiger partial charge in [0.05, 0.1) is 5.60 Å². The minimum absolute atomic E-state index is 0.125. The second-order valence-corrected chi connectivity index (χ2v) is 5.25. The molecule has 0 spiro atoms. The van der Waals surface area contributed by atoms with Crippen molar-refractivity contribution in [2.45, 2.75) is 64.0 Å². The molecule has 0 amide bonds. The molecule has 0 aromatic carbocycles. The number of rotatable bonds is 5. The van der Waals surface area contributed by atoms with E-state index in [1.807, 2.05) is 0 Å². The third-order valence-electron chi connectivity index (χ3n) is 4.59. The highest BCUT2D eigenvalue weighted by Gasteiger charge is 2.41. The van der Waals surface area contributed by atoms with E-state index in [0.717, 1.165) is 18.7 Å². The molecule has 2 aliphatic rings. The first-order valence-corrected chi connectivity index (χ1v) is 7.01. The lowest BCUT2D eigenvalue weighted by Crippen LogP contribution is -2.43. The van der Waals surface area contributed by atoms with Crippen molar-refractivity contribution in [3.63, 3.8) is 0 Å². The largest absolute Gasteiger partial charge is 0.478 e. The molecule has 3 heteroatoms. The predicted molar refractivity (Wildman–Crippen MR) is 69.5 cm³/mol.